The zero-order valence-electron chi connectivity index (χ0n) is 32.7. The van der Waals surface area contributed by atoms with Crippen molar-refractivity contribution in [1.29, 1.82) is 0 Å². The van der Waals surface area contributed by atoms with Crippen molar-refractivity contribution in [2.45, 2.75) is 187 Å². The van der Waals surface area contributed by atoms with E-state index >= 15 is 0 Å². The Kier molecular flexibility index (Phi) is 32.2. The van der Waals surface area contributed by atoms with Gasteiger partial charge in [-0.15, -0.1) is 0 Å². The SMILES string of the molecule is CCCCC/C=C/CC/C=C/C(O)C(COP(=O)(O)OCC[N+](C)(C)C)NC(=O)CCCCCCCCCCCCCCCCCCCC. The molecule has 0 rings (SSSR count). The molecule has 8 nitrogen and oxygen atoms in total. The van der Waals surface area contributed by atoms with Gasteiger partial charge in [0, 0.05) is 6.42 Å². The summed E-state index contributed by atoms with van der Waals surface area (Å²) >= 11 is 0. The van der Waals surface area contributed by atoms with Crippen LogP contribution < -0.4 is 5.32 Å². The first-order valence-electron chi connectivity index (χ1n) is 20.2. The van der Waals surface area contributed by atoms with Gasteiger partial charge in [0.05, 0.1) is 39.9 Å². The molecule has 0 saturated carbocycles. The van der Waals surface area contributed by atoms with E-state index in [1.807, 2.05) is 27.2 Å². The second-order valence-corrected chi connectivity index (χ2v) is 16.5. The number of carbonyl (C=O) groups excluding carboxylic acids is 1. The van der Waals surface area contributed by atoms with Crippen molar-refractivity contribution in [3.8, 4) is 0 Å². The Morgan fingerprint density at radius 3 is 1.63 bits per heavy atom. The van der Waals surface area contributed by atoms with Crippen LogP contribution in [-0.2, 0) is 18.4 Å². The van der Waals surface area contributed by atoms with Gasteiger partial charge in [0.2, 0.25) is 5.91 Å². The van der Waals surface area contributed by atoms with Gasteiger partial charge in [-0.1, -0.05) is 160 Å². The molecule has 49 heavy (non-hydrogen) atoms. The fourth-order valence-electron chi connectivity index (χ4n) is 5.64. The topological polar surface area (TPSA) is 105 Å². The lowest BCUT2D eigenvalue weighted by molar-refractivity contribution is -0.870. The predicted octanol–water partition coefficient (Wildman–Crippen LogP) is 10.6. The summed E-state index contributed by atoms with van der Waals surface area (Å²) in [7, 11) is 1.55. The number of hydrogen-bond donors (Lipinski definition) is 3. The number of carbonyl (C=O) groups is 1. The molecule has 0 aliphatic heterocycles. The highest BCUT2D eigenvalue weighted by Crippen LogP contribution is 2.43. The Balaban J connectivity index is 4.36. The molecule has 0 heterocycles. The van der Waals surface area contributed by atoms with Gasteiger partial charge < -0.3 is 19.8 Å². The molecular weight excluding hydrogens is 635 g/mol. The standard InChI is InChI=1S/C40H79N2O6P/c1-6-8-10-12-14-16-17-18-19-20-21-22-23-24-26-28-30-32-34-40(44)41-38(37-48-49(45,46)47-36-35-42(3,4)5)39(43)33-31-29-27-25-15-13-11-9-7-2/h15,25,31,33,38-39,43H,6-14,16-24,26-30,32,34-37H2,1-5H3,(H-,41,44,45,46)/p+1/b25-15+,33-31+. The average molecular weight is 716 g/mol. The zero-order valence-corrected chi connectivity index (χ0v) is 33.6. The predicted molar refractivity (Wildman–Crippen MR) is 208 cm³/mol. The summed E-state index contributed by atoms with van der Waals surface area (Å²) in [5.74, 6) is -0.189. The fourth-order valence-corrected chi connectivity index (χ4v) is 6.38. The van der Waals surface area contributed by atoms with Crippen molar-refractivity contribution in [3.05, 3.63) is 24.3 Å². The highest BCUT2D eigenvalue weighted by molar-refractivity contribution is 7.47. The summed E-state index contributed by atoms with van der Waals surface area (Å²) in [6, 6.07) is -0.855. The third-order valence-corrected chi connectivity index (χ3v) is 9.91. The number of allylic oxidation sites excluding steroid dienone is 3. The number of nitrogens with zero attached hydrogens (tertiary/aromatic N) is 1. The molecule has 0 aromatic carbocycles. The van der Waals surface area contributed by atoms with Gasteiger partial charge in [0.1, 0.15) is 13.2 Å². The van der Waals surface area contributed by atoms with E-state index in [-0.39, 0.29) is 19.1 Å². The zero-order chi connectivity index (χ0) is 36.5. The number of phosphoric acid groups is 1. The number of hydrogen-bond acceptors (Lipinski definition) is 5. The van der Waals surface area contributed by atoms with Gasteiger partial charge in [-0.2, -0.15) is 0 Å². The van der Waals surface area contributed by atoms with Crippen molar-refractivity contribution < 1.29 is 32.9 Å². The first-order chi connectivity index (χ1) is 23.5. The van der Waals surface area contributed by atoms with Gasteiger partial charge in [-0.25, -0.2) is 4.57 Å². The molecule has 0 spiro atoms. The first-order valence-corrected chi connectivity index (χ1v) is 21.7. The molecular formula is C40H80N2O6P+. The summed E-state index contributed by atoms with van der Waals surface area (Å²) in [5, 5.41) is 13.7. The average Bonchev–Trinajstić information content (AvgIpc) is 3.04. The summed E-state index contributed by atoms with van der Waals surface area (Å²) in [5.41, 5.74) is 0. The van der Waals surface area contributed by atoms with Gasteiger partial charge in [0.25, 0.3) is 0 Å². The number of nitrogens with one attached hydrogen (secondary N) is 1. The van der Waals surface area contributed by atoms with Crippen molar-refractivity contribution in [3.63, 3.8) is 0 Å². The van der Waals surface area contributed by atoms with Crippen LogP contribution in [0.4, 0.5) is 0 Å². The highest BCUT2D eigenvalue weighted by atomic mass is 31.2. The third-order valence-electron chi connectivity index (χ3n) is 8.92. The van der Waals surface area contributed by atoms with E-state index in [9.17, 15) is 19.4 Å². The van der Waals surface area contributed by atoms with Gasteiger partial charge in [-0.05, 0) is 32.1 Å². The molecule has 9 heteroatoms. The van der Waals surface area contributed by atoms with Crippen LogP contribution in [0.1, 0.15) is 174 Å². The molecule has 0 bridgehead atoms. The highest BCUT2D eigenvalue weighted by Gasteiger charge is 2.27. The van der Waals surface area contributed by atoms with Crippen molar-refractivity contribution in [2.75, 3.05) is 40.9 Å². The molecule has 0 aromatic heterocycles. The smallest absolute Gasteiger partial charge is 0.387 e. The van der Waals surface area contributed by atoms with Crippen molar-refractivity contribution >= 4 is 13.7 Å². The molecule has 0 saturated heterocycles. The largest absolute Gasteiger partial charge is 0.472 e. The molecule has 3 atom stereocenters. The maximum Gasteiger partial charge on any atom is 0.472 e. The van der Waals surface area contributed by atoms with Crippen LogP contribution in [-0.4, -0.2) is 73.4 Å². The second-order valence-electron chi connectivity index (χ2n) is 15.0. The number of aliphatic hydroxyl groups excluding tert-OH is 1. The van der Waals surface area contributed by atoms with Crippen molar-refractivity contribution in [1.82, 2.24) is 5.32 Å². The molecule has 0 aromatic rings. The lowest BCUT2D eigenvalue weighted by Crippen LogP contribution is -2.45. The maximum absolute atomic E-state index is 12.8. The summed E-state index contributed by atoms with van der Waals surface area (Å²) in [6.45, 7) is 4.73. The van der Waals surface area contributed by atoms with Crippen LogP contribution >= 0.6 is 7.82 Å². The minimum Gasteiger partial charge on any atom is -0.387 e. The van der Waals surface area contributed by atoms with Crippen molar-refractivity contribution in [2.24, 2.45) is 0 Å². The number of unbranched alkanes of at least 4 members (excludes halogenated alkanes) is 21. The molecule has 0 aliphatic carbocycles. The Labute approximate surface area is 303 Å². The lowest BCUT2D eigenvalue weighted by Gasteiger charge is -2.25. The molecule has 290 valence electrons. The van der Waals surface area contributed by atoms with Crippen LogP contribution in [0, 0.1) is 0 Å². The van der Waals surface area contributed by atoms with E-state index in [1.54, 1.807) is 6.08 Å². The van der Waals surface area contributed by atoms with Crippen LogP contribution in [0.25, 0.3) is 0 Å². The third kappa shape index (κ3) is 35.2. The normalized spacial score (nSPS) is 14.8. The second kappa shape index (κ2) is 32.9. The van der Waals surface area contributed by atoms with Crippen LogP contribution in [0.2, 0.25) is 0 Å². The molecule has 1 amide bonds. The van der Waals surface area contributed by atoms with E-state index in [0.717, 1.165) is 38.5 Å². The molecule has 0 fully saturated rings. The number of quaternary nitrogens is 1. The number of likely N-dealkylation sites (N-methyl/N-ethyl adjacent to an activating group) is 1. The van der Waals surface area contributed by atoms with E-state index in [4.69, 9.17) is 9.05 Å². The number of amides is 1. The minimum atomic E-state index is -4.33. The van der Waals surface area contributed by atoms with Crippen LogP contribution in [0.3, 0.4) is 0 Å². The van der Waals surface area contributed by atoms with Gasteiger partial charge in [-0.3, -0.25) is 13.8 Å². The Morgan fingerprint density at radius 2 is 1.12 bits per heavy atom. The van der Waals surface area contributed by atoms with Gasteiger partial charge in [0.15, 0.2) is 0 Å². The molecule has 0 radical (unpaired) electrons. The summed E-state index contributed by atoms with van der Waals surface area (Å²) < 4.78 is 23.4. The van der Waals surface area contributed by atoms with E-state index in [0.29, 0.717) is 17.4 Å². The maximum atomic E-state index is 12.8. The Morgan fingerprint density at radius 1 is 0.673 bits per heavy atom. The monoisotopic (exact) mass is 716 g/mol. The molecule has 3 N–H and O–H groups in total. The number of rotatable bonds is 36. The van der Waals surface area contributed by atoms with Gasteiger partial charge >= 0.3 is 7.82 Å². The number of aliphatic hydroxyl groups is 1. The summed E-state index contributed by atoms with van der Waals surface area (Å²) in [4.78, 5) is 23.0. The molecule has 0 aliphatic rings. The number of phosphoric ester groups is 1. The fraction of sp³-hybridized carbons (Fsp3) is 0.875. The van der Waals surface area contributed by atoms with Crippen LogP contribution in [0.15, 0.2) is 24.3 Å². The minimum absolute atomic E-state index is 0.0576. The summed E-state index contributed by atoms with van der Waals surface area (Å²) in [6.07, 6.45) is 36.8. The lowest BCUT2D eigenvalue weighted by atomic mass is 10.0. The van der Waals surface area contributed by atoms with E-state index in [1.165, 1.54) is 116 Å². The van der Waals surface area contributed by atoms with Crippen LogP contribution in [0.5, 0.6) is 0 Å². The van der Waals surface area contributed by atoms with E-state index < -0.39 is 20.0 Å². The quantitative estimate of drug-likeness (QED) is 0.0258. The molecule has 3 unspecified atom stereocenters. The Bertz CT molecular complexity index is 860. The Hall–Kier alpha value is -1.02. The first kappa shape index (κ1) is 48.0. The van der Waals surface area contributed by atoms with E-state index in [2.05, 4.69) is 31.3 Å².